The van der Waals surface area contributed by atoms with Gasteiger partial charge in [0.25, 0.3) is 0 Å². The first-order valence-electron chi connectivity index (χ1n) is 6.93. The van der Waals surface area contributed by atoms with Crippen LogP contribution in [0.2, 0.25) is 0 Å². The van der Waals surface area contributed by atoms with Crippen molar-refractivity contribution in [1.82, 2.24) is 4.90 Å². The van der Waals surface area contributed by atoms with Crippen molar-refractivity contribution < 1.29 is 9.90 Å². The van der Waals surface area contributed by atoms with Crippen LogP contribution in [0, 0.1) is 13.8 Å². The molecular weight excluding hydrogens is 238 g/mol. The van der Waals surface area contributed by atoms with Crippen LogP contribution in [0.1, 0.15) is 49.4 Å². The highest BCUT2D eigenvalue weighted by Crippen LogP contribution is 2.37. The van der Waals surface area contributed by atoms with E-state index in [0.717, 1.165) is 19.4 Å². The van der Waals surface area contributed by atoms with Gasteiger partial charge in [-0.1, -0.05) is 23.8 Å². The highest BCUT2D eigenvalue weighted by molar-refractivity contribution is 5.78. The predicted molar refractivity (Wildman–Crippen MR) is 76.3 cm³/mol. The van der Waals surface area contributed by atoms with E-state index >= 15 is 0 Å². The lowest BCUT2D eigenvalue weighted by molar-refractivity contribution is -0.149. The lowest BCUT2D eigenvalue weighted by atomic mass is 9.93. The first kappa shape index (κ1) is 14.1. The molecule has 1 aliphatic rings. The van der Waals surface area contributed by atoms with Crippen molar-refractivity contribution in [2.24, 2.45) is 0 Å². The molecule has 1 aromatic rings. The van der Waals surface area contributed by atoms with Crippen LogP contribution in [0.15, 0.2) is 18.2 Å². The molecule has 1 fully saturated rings. The Kier molecular flexibility index (Phi) is 3.68. The second kappa shape index (κ2) is 4.97. The van der Waals surface area contributed by atoms with Crippen LogP contribution in [-0.4, -0.2) is 28.1 Å². The second-order valence-corrected chi connectivity index (χ2v) is 5.91. The summed E-state index contributed by atoms with van der Waals surface area (Å²) in [6, 6.07) is 6.55. The molecule has 0 amide bonds. The van der Waals surface area contributed by atoms with Gasteiger partial charge in [-0.2, -0.15) is 0 Å². The van der Waals surface area contributed by atoms with Crippen molar-refractivity contribution in [3.05, 3.63) is 34.9 Å². The minimum atomic E-state index is -0.727. The fourth-order valence-corrected chi connectivity index (χ4v) is 3.21. The zero-order valence-corrected chi connectivity index (χ0v) is 12.2. The number of carboxylic acids is 1. The Balaban J connectivity index is 2.36. The molecule has 2 rings (SSSR count). The number of benzene rings is 1. The SMILES string of the molecule is Cc1ccc(C)c(C(C)N2CCCC2(C)C(=O)O)c1. The maximum Gasteiger partial charge on any atom is 0.323 e. The van der Waals surface area contributed by atoms with Gasteiger partial charge in [0.05, 0.1) is 0 Å². The molecular formula is C16H23NO2. The summed E-state index contributed by atoms with van der Waals surface area (Å²) in [5.41, 5.74) is 2.98. The molecule has 0 aromatic heterocycles. The Morgan fingerprint density at radius 3 is 2.74 bits per heavy atom. The molecule has 3 heteroatoms. The molecule has 2 atom stereocenters. The molecule has 104 valence electrons. The summed E-state index contributed by atoms with van der Waals surface area (Å²) in [6.45, 7) is 9.01. The predicted octanol–water partition coefficient (Wildman–Crippen LogP) is 3.30. The average Bonchev–Trinajstić information content (AvgIpc) is 2.75. The quantitative estimate of drug-likeness (QED) is 0.907. The van der Waals surface area contributed by atoms with Crippen molar-refractivity contribution >= 4 is 5.97 Å². The molecule has 0 radical (unpaired) electrons. The van der Waals surface area contributed by atoms with E-state index in [1.807, 2.05) is 6.92 Å². The normalized spacial score (nSPS) is 25.5. The van der Waals surface area contributed by atoms with Crippen molar-refractivity contribution in [2.45, 2.75) is 52.1 Å². The van der Waals surface area contributed by atoms with Gasteiger partial charge >= 0.3 is 5.97 Å². The first-order chi connectivity index (χ1) is 8.86. The lowest BCUT2D eigenvalue weighted by Gasteiger charge is -2.37. The molecule has 1 aliphatic heterocycles. The fraction of sp³-hybridized carbons (Fsp3) is 0.562. The van der Waals surface area contributed by atoms with Gasteiger partial charge in [0.2, 0.25) is 0 Å². The third kappa shape index (κ3) is 2.39. The number of nitrogens with zero attached hydrogens (tertiary/aromatic N) is 1. The summed E-state index contributed by atoms with van der Waals surface area (Å²) in [5.74, 6) is -0.706. The zero-order chi connectivity index (χ0) is 14.2. The Morgan fingerprint density at radius 1 is 1.42 bits per heavy atom. The molecule has 0 aliphatic carbocycles. The molecule has 19 heavy (non-hydrogen) atoms. The molecule has 1 heterocycles. The number of carboxylic acid groups (broad SMARTS) is 1. The maximum absolute atomic E-state index is 11.6. The van der Waals surface area contributed by atoms with E-state index in [2.05, 4.69) is 43.9 Å². The largest absolute Gasteiger partial charge is 0.480 e. The number of likely N-dealkylation sites (tertiary alicyclic amines) is 1. The summed E-state index contributed by atoms with van der Waals surface area (Å²) >= 11 is 0. The van der Waals surface area contributed by atoms with Crippen molar-refractivity contribution in [3.8, 4) is 0 Å². The van der Waals surface area contributed by atoms with E-state index in [1.165, 1.54) is 16.7 Å². The minimum Gasteiger partial charge on any atom is -0.480 e. The molecule has 1 N–H and O–H groups in total. The van der Waals surface area contributed by atoms with E-state index in [0.29, 0.717) is 0 Å². The molecule has 2 unspecified atom stereocenters. The van der Waals surface area contributed by atoms with Crippen LogP contribution in [0.3, 0.4) is 0 Å². The van der Waals surface area contributed by atoms with Crippen LogP contribution in [0.4, 0.5) is 0 Å². The number of aryl methyl sites for hydroxylation is 2. The van der Waals surface area contributed by atoms with Crippen LogP contribution >= 0.6 is 0 Å². The third-order valence-corrected chi connectivity index (χ3v) is 4.51. The molecule has 0 spiro atoms. The fourth-order valence-electron chi connectivity index (χ4n) is 3.21. The lowest BCUT2D eigenvalue weighted by Crippen LogP contribution is -2.48. The summed E-state index contributed by atoms with van der Waals surface area (Å²) in [7, 11) is 0. The molecule has 0 saturated carbocycles. The zero-order valence-electron chi connectivity index (χ0n) is 12.2. The van der Waals surface area contributed by atoms with Gasteiger partial charge in [0.15, 0.2) is 0 Å². The Labute approximate surface area is 115 Å². The van der Waals surface area contributed by atoms with E-state index in [4.69, 9.17) is 0 Å². The van der Waals surface area contributed by atoms with E-state index < -0.39 is 11.5 Å². The van der Waals surface area contributed by atoms with Crippen molar-refractivity contribution in [1.29, 1.82) is 0 Å². The molecule has 3 nitrogen and oxygen atoms in total. The van der Waals surface area contributed by atoms with E-state index in [1.54, 1.807) is 0 Å². The van der Waals surface area contributed by atoms with Gasteiger partial charge < -0.3 is 5.11 Å². The van der Waals surface area contributed by atoms with Gasteiger partial charge in [0, 0.05) is 6.04 Å². The third-order valence-electron chi connectivity index (χ3n) is 4.51. The van der Waals surface area contributed by atoms with E-state index in [-0.39, 0.29) is 6.04 Å². The highest BCUT2D eigenvalue weighted by Gasteiger charge is 2.45. The van der Waals surface area contributed by atoms with Gasteiger partial charge in [0.1, 0.15) is 5.54 Å². The first-order valence-corrected chi connectivity index (χ1v) is 6.93. The Bertz CT molecular complexity index is 498. The summed E-state index contributed by atoms with van der Waals surface area (Å²) in [4.78, 5) is 13.7. The number of rotatable bonds is 3. The van der Waals surface area contributed by atoms with Gasteiger partial charge in [-0.25, -0.2) is 0 Å². The Morgan fingerprint density at radius 2 is 2.11 bits per heavy atom. The summed E-state index contributed by atoms with van der Waals surface area (Å²) < 4.78 is 0. The topological polar surface area (TPSA) is 40.5 Å². The standard InChI is InChI=1S/C16H23NO2/c1-11-6-7-12(2)14(10-11)13(3)17-9-5-8-16(17,4)15(18)19/h6-7,10,13H,5,8-9H2,1-4H3,(H,18,19). The van der Waals surface area contributed by atoms with E-state index in [9.17, 15) is 9.90 Å². The summed E-state index contributed by atoms with van der Waals surface area (Å²) in [5, 5.41) is 9.52. The number of carbonyl (C=O) groups is 1. The van der Waals surface area contributed by atoms with Crippen LogP contribution in [0.5, 0.6) is 0 Å². The molecule has 0 bridgehead atoms. The minimum absolute atomic E-state index is 0.142. The monoisotopic (exact) mass is 261 g/mol. The van der Waals surface area contributed by atoms with Gasteiger partial charge in [-0.15, -0.1) is 0 Å². The summed E-state index contributed by atoms with van der Waals surface area (Å²) in [6.07, 6.45) is 1.69. The number of hydrogen-bond acceptors (Lipinski definition) is 2. The van der Waals surface area contributed by atoms with Gasteiger partial charge in [-0.3, -0.25) is 9.69 Å². The van der Waals surface area contributed by atoms with Gasteiger partial charge in [-0.05, 0) is 58.2 Å². The molecule has 1 aromatic carbocycles. The highest BCUT2D eigenvalue weighted by atomic mass is 16.4. The van der Waals surface area contributed by atoms with Crippen molar-refractivity contribution in [2.75, 3.05) is 6.54 Å². The van der Waals surface area contributed by atoms with Crippen LogP contribution < -0.4 is 0 Å². The van der Waals surface area contributed by atoms with Crippen molar-refractivity contribution in [3.63, 3.8) is 0 Å². The maximum atomic E-state index is 11.6. The number of hydrogen-bond donors (Lipinski definition) is 1. The second-order valence-electron chi connectivity index (χ2n) is 5.91. The number of aliphatic carboxylic acids is 1. The smallest absolute Gasteiger partial charge is 0.323 e. The Hall–Kier alpha value is -1.35. The van der Waals surface area contributed by atoms with Crippen LogP contribution in [-0.2, 0) is 4.79 Å². The molecule has 1 saturated heterocycles. The average molecular weight is 261 g/mol. The van der Waals surface area contributed by atoms with Crippen LogP contribution in [0.25, 0.3) is 0 Å².